The van der Waals surface area contributed by atoms with Gasteiger partial charge in [0, 0.05) is 6.42 Å². The number of carbonyl (C=O) groups is 2. The van der Waals surface area contributed by atoms with E-state index in [1.54, 1.807) is 0 Å². The number of aliphatic hydroxyl groups excluding tert-OH is 4. The molecule has 0 aromatic heterocycles. The van der Waals surface area contributed by atoms with Gasteiger partial charge in [-0.2, -0.15) is 0 Å². The lowest BCUT2D eigenvalue weighted by molar-refractivity contribution is -0.301. The molecule has 0 radical (unpaired) electrons. The third kappa shape index (κ3) is 4.23. The summed E-state index contributed by atoms with van der Waals surface area (Å²) < 4.78 is 33.3. The van der Waals surface area contributed by atoms with Crippen molar-refractivity contribution in [1.82, 2.24) is 0 Å². The first-order chi connectivity index (χ1) is 11.7. The highest BCUT2D eigenvalue weighted by molar-refractivity contribution is 7.46. The molecule has 2 fully saturated rings. The topological polar surface area (TPSA) is 178 Å². The number of nitrogens with two attached hydrogens (primary N) is 1. The van der Waals surface area contributed by atoms with E-state index in [9.17, 15) is 29.3 Å². The van der Waals surface area contributed by atoms with Crippen LogP contribution >= 0.6 is 8.53 Å². The van der Waals surface area contributed by atoms with E-state index in [4.69, 9.17) is 20.1 Å². The van der Waals surface area contributed by atoms with Crippen molar-refractivity contribution in [3.05, 3.63) is 0 Å². The number of rotatable bonds is 6. The van der Waals surface area contributed by atoms with Gasteiger partial charge in [-0.1, -0.05) is 0 Å². The predicted molar refractivity (Wildman–Crippen MR) is 76.1 cm³/mol. The van der Waals surface area contributed by atoms with Gasteiger partial charge in [0.2, 0.25) is 0 Å². The number of hydrogen-bond acceptors (Lipinski definition) is 11. The molecule has 144 valence electrons. The zero-order chi connectivity index (χ0) is 18.8. The van der Waals surface area contributed by atoms with E-state index >= 15 is 0 Å². The van der Waals surface area contributed by atoms with Crippen molar-refractivity contribution in [2.24, 2.45) is 5.50 Å². The maximum absolute atomic E-state index is 14.4. The van der Waals surface area contributed by atoms with Crippen molar-refractivity contribution in [3.8, 4) is 0 Å². The maximum atomic E-state index is 14.4. The van der Waals surface area contributed by atoms with Crippen molar-refractivity contribution in [2.45, 2.75) is 49.2 Å². The number of hydrogen-bond donors (Lipinski definition) is 5. The zero-order valence-electron chi connectivity index (χ0n) is 12.9. The minimum Gasteiger partial charge on any atom is -0.394 e. The van der Waals surface area contributed by atoms with Crippen LogP contribution in [0.4, 0.5) is 4.39 Å². The quantitative estimate of drug-likeness (QED) is 0.186. The molecule has 5 atom stereocenters. The summed E-state index contributed by atoms with van der Waals surface area (Å²) in [6.45, 7) is -0.898. The van der Waals surface area contributed by atoms with Gasteiger partial charge in [-0.3, -0.25) is 0 Å². The van der Waals surface area contributed by atoms with Crippen molar-refractivity contribution in [1.29, 1.82) is 0 Å². The first-order valence-corrected chi connectivity index (χ1v) is 8.56. The molecule has 2 rings (SSSR count). The highest BCUT2D eigenvalue weighted by Gasteiger charge is 2.55. The fourth-order valence-corrected chi connectivity index (χ4v) is 2.99. The fraction of sp³-hybridized carbons (Fsp3) is 0.833. The van der Waals surface area contributed by atoms with Crippen molar-refractivity contribution >= 4 is 20.5 Å². The van der Waals surface area contributed by atoms with Crippen LogP contribution < -0.4 is 5.50 Å². The lowest BCUT2D eigenvalue weighted by atomic mass is 9.99. The third-order valence-electron chi connectivity index (χ3n) is 3.79. The summed E-state index contributed by atoms with van der Waals surface area (Å²) in [5.74, 6) is -2.88. The zero-order valence-corrected chi connectivity index (χ0v) is 13.8. The summed E-state index contributed by atoms with van der Waals surface area (Å²) >= 11 is 0. The SMILES string of the molecule is NP1OC(=O)C(F)(CCCOC2O[C@H](CO)[C@H](O)[C@H](O)[C@H]2O)C(=O)O1. The second-order valence-corrected chi connectivity index (χ2v) is 6.45. The van der Waals surface area contributed by atoms with E-state index in [-0.39, 0.29) is 13.0 Å². The van der Waals surface area contributed by atoms with E-state index in [1.807, 2.05) is 0 Å². The van der Waals surface area contributed by atoms with E-state index in [0.29, 0.717) is 0 Å². The summed E-state index contributed by atoms with van der Waals surface area (Å²) in [7, 11) is -2.28. The summed E-state index contributed by atoms with van der Waals surface area (Å²) in [4.78, 5) is 23.0. The van der Waals surface area contributed by atoms with Gasteiger partial charge in [0.1, 0.15) is 24.4 Å². The van der Waals surface area contributed by atoms with Crippen LogP contribution in [-0.4, -0.2) is 82.0 Å². The Morgan fingerprint density at radius 3 is 2.32 bits per heavy atom. The van der Waals surface area contributed by atoms with E-state index in [1.165, 1.54) is 0 Å². The van der Waals surface area contributed by atoms with Gasteiger partial charge in [-0.05, 0) is 6.42 Å². The lowest BCUT2D eigenvalue weighted by Gasteiger charge is -2.39. The van der Waals surface area contributed by atoms with Crippen LogP contribution in [0.3, 0.4) is 0 Å². The number of alkyl halides is 1. The van der Waals surface area contributed by atoms with Crippen molar-refractivity contribution in [3.63, 3.8) is 0 Å². The molecule has 6 N–H and O–H groups in total. The Morgan fingerprint density at radius 1 is 1.16 bits per heavy atom. The van der Waals surface area contributed by atoms with Crippen LogP contribution in [0.2, 0.25) is 0 Å². The fourth-order valence-electron chi connectivity index (χ4n) is 2.33. The molecule has 0 bridgehead atoms. The summed E-state index contributed by atoms with van der Waals surface area (Å²) in [5, 5.41) is 38.0. The van der Waals surface area contributed by atoms with Gasteiger partial charge in [0.25, 0.3) is 0 Å². The third-order valence-corrected chi connectivity index (χ3v) is 4.48. The molecule has 25 heavy (non-hydrogen) atoms. The Labute approximate surface area is 142 Å². The molecule has 13 heteroatoms. The second kappa shape index (κ2) is 8.14. The van der Waals surface area contributed by atoms with Crippen LogP contribution in [0, 0.1) is 0 Å². The molecule has 11 nitrogen and oxygen atoms in total. The molecule has 2 aliphatic rings. The highest BCUT2D eigenvalue weighted by Crippen LogP contribution is 2.41. The molecule has 2 aliphatic heterocycles. The first-order valence-electron chi connectivity index (χ1n) is 7.31. The number of carbonyl (C=O) groups excluding carboxylic acids is 2. The first kappa shape index (κ1) is 20.3. The molecule has 0 aliphatic carbocycles. The minimum atomic E-state index is -3.00. The normalized spacial score (nSPS) is 42.0. The largest absolute Gasteiger partial charge is 0.394 e. The monoisotopic (exact) mass is 387 g/mol. The van der Waals surface area contributed by atoms with Gasteiger partial charge in [-0.15, -0.1) is 0 Å². The highest BCUT2D eigenvalue weighted by atomic mass is 31.2. The second-order valence-electron chi connectivity index (χ2n) is 5.52. The van der Waals surface area contributed by atoms with E-state index < -0.39 is 69.9 Å². The molecule has 0 saturated carbocycles. The average molecular weight is 387 g/mol. The molecule has 1 unspecified atom stereocenters. The van der Waals surface area contributed by atoms with Crippen LogP contribution in [0.5, 0.6) is 0 Å². The maximum Gasteiger partial charge on any atom is 0.383 e. The molecular formula is C12H19FNO10P. The Kier molecular flexibility index (Phi) is 6.62. The predicted octanol–water partition coefficient (Wildman–Crippen LogP) is -2.42. The molecule has 0 spiro atoms. The number of aliphatic hydroxyl groups is 4. The molecule has 0 aromatic carbocycles. The van der Waals surface area contributed by atoms with E-state index in [0.717, 1.165) is 0 Å². The van der Waals surface area contributed by atoms with Crippen LogP contribution in [-0.2, 0) is 28.1 Å². The number of halogens is 1. The molecule has 0 amide bonds. The summed E-state index contributed by atoms with van der Waals surface area (Å²) in [6, 6.07) is 0. The summed E-state index contributed by atoms with van der Waals surface area (Å²) in [6.07, 6.45) is -8.09. The van der Waals surface area contributed by atoms with Gasteiger partial charge in [0.05, 0.1) is 13.2 Å². The van der Waals surface area contributed by atoms with Crippen LogP contribution in [0.1, 0.15) is 12.8 Å². The Bertz CT molecular complexity index is 490. The van der Waals surface area contributed by atoms with Crippen LogP contribution in [0.25, 0.3) is 0 Å². The van der Waals surface area contributed by atoms with Crippen molar-refractivity contribution in [2.75, 3.05) is 13.2 Å². The lowest BCUT2D eigenvalue weighted by Crippen LogP contribution is -2.59. The smallest absolute Gasteiger partial charge is 0.383 e. The standard InChI is InChI=1S/C12H19FNO10P/c13-12(10(19)23-25(14)24-11(12)20)2-1-3-21-9-8(18)7(17)6(16)5(4-15)22-9/h5-9,15-18H,1-4,14H2/t5-,6+,7+,8-,9?,12?,25?/m1/s1. The van der Waals surface area contributed by atoms with E-state index in [2.05, 4.69) is 9.05 Å². The summed E-state index contributed by atoms with van der Waals surface area (Å²) in [5.41, 5.74) is 2.13. The van der Waals surface area contributed by atoms with Gasteiger partial charge >= 0.3 is 26.1 Å². The average Bonchev–Trinajstić information content (AvgIpc) is 2.56. The molecule has 0 aromatic rings. The molecule has 2 saturated heterocycles. The van der Waals surface area contributed by atoms with Gasteiger partial charge < -0.3 is 38.9 Å². The Balaban J connectivity index is 1.84. The molecular weight excluding hydrogens is 368 g/mol. The van der Waals surface area contributed by atoms with Crippen LogP contribution in [0.15, 0.2) is 0 Å². The molecule has 2 heterocycles. The number of ether oxygens (including phenoxy) is 2. The van der Waals surface area contributed by atoms with Gasteiger partial charge in [-0.25, -0.2) is 19.5 Å². The Morgan fingerprint density at radius 2 is 1.76 bits per heavy atom. The van der Waals surface area contributed by atoms with Gasteiger partial charge in [0.15, 0.2) is 6.29 Å². The van der Waals surface area contributed by atoms with Crippen molar-refractivity contribution < 1.29 is 52.9 Å². The minimum absolute atomic E-state index is 0.168. The Hall–Kier alpha value is -0.980.